The smallest absolute Gasteiger partial charge is 0.317 e. The molecule has 0 bridgehead atoms. The summed E-state index contributed by atoms with van der Waals surface area (Å²) in [6, 6.07) is 9.49. The molecule has 0 unspecified atom stereocenters. The summed E-state index contributed by atoms with van der Waals surface area (Å²) in [6.45, 7) is 5.45. The molecule has 0 spiro atoms. The number of carbonyl (C=O) groups is 2. The Morgan fingerprint density at radius 2 is 1.93 bits per heavy atom. The molecular weight excluding hydrogens is 362 g/mol. The molecule has 8 heteroatoms. The quantitative estimate of drug-likeness (QED) is 0.822. The number of aromatic nitrogens is 2. The van der Waals surface area contributed by atoms with Crippen LogP contribution in [0.5, 0.6) is 0 Å². The summed E-state index contributed by atoms with van der Waals surface area (Å²) in [5.41, 5.74) is 0.736. The van der Waals surface area contributed by atoms with Crippen molar-refractivity contribution in [1.29, 1.82) is 0 Å². The van der Waals surface area contributed by atoms with E-state index < -0.39 is 0 Å². The van der Waals surface area contributed by atoms with Gasteiger partial charge in [-0.25, -0.2) is 4.79 Å². The number of anilines is 1. The minimum Gasteiger partial charge on any atom is -0.336 e. The van der Waals surface area contributed by atoms with Crippen LogP contribution in [-0.4, -0.2) is 46.2 Å². The van der Waals surface area contributed by atoms with Gasteiger partial charge >= 0.3 is 6.03 Å². The molecule has 0 aliphatic carbocycles. The second-order valence-electron chi connectivity index (χ2n) is 6.79. The first kappa shape index (κ1) is 19.3. The lowest BCUT2D eigenvalue weighted by molar-refractivity contribution is 0.102. The van der Waals surface area contributed by atoms with Gasteiger partial charge in [0.15, 0.2) is 0 Å². The lowest BCUT2D eigenvalue weighted by Gasteiger charge is -2.31. The second-order valence-corrected chi connectivity index (χ2v) is 7.79. The van der Waals surface area contributed by atoms with Gasteiger partial charge in [0.05, 0.1) is 0 Å². The van der Waals surface area contributed by atoms with Crippen molar-refractivity contribution in [1.82, 2.24) is 20.4 Å². The molecule has 1 aromatic heterocycles. The zero-order chi connectivity index (χ0) is 19.2. The van der Waals surface area contributed by atoms with Crippen LogP contribution in [-0.2, 0) is 0 Å². The Hall–Kier alpha value is -2.48. The van der Waals surface area contributed by atoms with Crippen LogP contribution in [0.2, 0.25) is 0 Å². The van der Waals surface area contributed by atoms with Crippen LogP contribution in [0.3, 0.4) is 0 Å². The van der Waals surface area contributed by atoms with Crippen LogP contribution in [0.15, 0.2) is 30.3 Å². The van der Waals surface area contributed by atoms with Gasteiger partial charge in [-0.05, 0) is 38.3 Å². The van der Waals surface area contributed by atoms with Crippen molar-refractivity contribution in [3.63, 3.8) is 0 Å². The van der Waals surface area contributed by atoms with E-state index in [1.807, 2.05) is 42.2 Å². The molecule has 2 aromatic rings. The summed E-state index contributed by atoms with van der Waals surface area (Å²) in [7, 11) is 0. The zero-order valence-electron chi connectivity index (χ0n) is 15.6. The van der Waals surface area contributed by atoms with E-state index in [-0.39, 0.29) is 23.9 Å². The molecule has 0 saturated carbocycles. The predicted octanol–water partition coefficient (Wildman–Crippen LogP) is 3.48. The van der Waals surface area contributed by atoms with E-state index in [0.717, 1.165) is 30.0 Å². The maximum atomic E-state index is 12.3. The van der Waals surface area contributed by atoms with Crippen LogP contribution in [0.25, 0.3) is 0 Å². The van der Waals surface area contributed by atoms with Crippen molar-refractivity contribution >= 4 is 29.0 Å². The molecule has 1 aliphatic rings. The minimum absolute atomic E-state index is 0.00277. The lowest BCUT2D eigenvalue weighted by Crippen LogP contribution is -2.46. The summed E-state index contributed by atoms with van der Waals surface area (Å²) in [5, 5.41) is 15.3. The third kappa shape index (κ3) is 5.03. The van der Waals surface area contributed by atoms with E-state index >= 15 is 0 Å². The zero-order valence-corrected chi connectivity index (χ0v) is 16.5. The van der Waals surface area contributed by atoms with Gasteiger partial charge in [-0.3, -0.25) is 4.79 Å². The minimum atomic E-state index is -0.240. The van der Waals surface area contributed by atoms with Gasteiger partial charge in [0.2, 0.25) is 5.01 Å². The number of likely N-dealkylation sites (tertiary alicyclic amines) is 1. The van der Waals surface area contributed by atoms with Gasteiger partial charge in [-0.2, -0.15) is 0 Å². The Morgan fingerprint density at radius 1 is 1.22 bits per heavy atom. The molecule has 1 aromatic carbocycles. The van der Waals surface area contributed by atoms with Gasteiger partial charge in [0.1, 0.15) is 5.01 Å². The van der Waals surface area contributed by atoms with Gasteiger partial charge in [-0.1, -0.05) is 36.5 Å². The molecule has 2 heterocycles. The highest BCUT2D eigenvalue weighted by atomic mass is 32.1. The largest absolute Gasteiger partial charge is 0.336 e. The van der Waals surface area contributed by atoms with E-state index in [1.165, 1.54) is 11.3 Å². The van der Waals surface area contributed by atoms with Gasteiger partial charge < -0.3 is 15.5 Å². The molecule has 0 radical (unpaired) electrons. The summed E-state index contributed by atoms with van der Waals surface area (Å²) < 4.78 is 0. The Bertz CT molecular complexity index is 771. The number of hydrogen-bond donors (Lipinski definition) is 2. The van der Waals surface area contributed by atoms with Crippen LogP contribution >= 0.6 is 11.3 Å². The molecule has 3 rings (SSSR count). The highest BCUT2D eigenvalue weighted by Gasteiger charge is 2.27. The fourth-order valence-electron chi connectivity index (χ4n) is 2.93. The molecule has 1 saturated heterocycles. The van der Waals surface area contributed by atoms with Crippen LogP contribution in [0.4, 0.5) is 10.5 Å². The van der Waals surface area contributed by atoms with Crippen LogP contribution in [0, 0.1) is 0 Å². The van der Waals surface area contributed by atoms with E-state index in [2.05, 4.69) is 27.8 Å². The molecule has 1 fully saturated rings. The maximum absolute atomic E-state index is 12.3. The highest BCUT2D eigenvalue weighted by Crippen LogP contribution is 2.30. The molecule has 27 heavy (non-hydrogen) atoms. The molecule has 1 atom stereocenters. The Kier molecular flexibility index (Phi) is 6.39. The Morgan fingerprint density at radius 3 is 2.59 bits per heavy atom. The lowest BCUT2D eigenvalue weighted by atomic mass is 9.98. The number of piperidine rings is 1. The van der Waals surface area contributed by atoms with Gasteiger partial charge in [0, 0.05) is 30.7 Å². The topological polar surface area (TPSA) is 87.2 Å². The average Bonchev–Trinajstić information content (AvgIpc) is 3.19. The maximum Gasteiger partial charge on any atom is 0.317 e. The number of nitrogens with zero attached hydrogens (tertiary/aromatic N) is 3. The molecule has 3 amide bonds. The standard InChI is InChI=1S/C19H25N5O2S/c1-3-13(2)20-19(26)24-11-9-14(10-12-24)17-22-23-18(27-17)16(25)21-15-7-5-4-6-8-15/h4-8,13-14H,3,9-12H2,1-2H3,(H,20,26)(H,21,25)/t13-/m0/s1. The third-order valence-electron chi connectivity index (χ3n) is 4.78. The Labute approximate surface area is 163 Å². The number of rotatable bonds is 5. The summed E-state index contributed by atoms with van der Waals surface area (Å²) >= 11 is 1.34. The van der Waals surface area contributed by atoms with Crippen molar-refractivity contribution in [2.75, 3.05) is 18.4 Å². The average molecular weight is 388 g/mol. The molecule has 7 nitrogen and oxygen atoms in total. The summed E-state index contributed by atoms with van der Waals surface area (Å²) in [4.78, 5) is 26.4. The molecule has 1 aliphatic heterocycles. The molecule has 144 valence electrons. The van der Waals surface area contributed by atoms with E-state index in [0.29, 0.717) is 18.1 Å². The van der Waals surface area contributed by atoms with Crippen LogP contribution in [0.1, 0.15) is 53.8 Å². The fraction of sp³-hybridized carbons (Fsp3) is 0.474. The normalized spacial score (nSPS) is 16.0. The number of urea groups is 1. The van der Waals surface area contributed by atoms with Crippen molar-refractivity contribution in [3.05, 3.63) is 40.3 Å². The number of amides is 3. The SMILES string of the molecule is CC[C@H](C)NC(=O)N1CCC(c2nnc(C(=O)Nc3ccccc3)s2)CC1. The van der Waals surface area contributed by atoms with Crippen molar-refractivity contribution in [3.8, 4) is 0 Å². The summed E-state index contributed by atoms with van der Waals surface area (Å²) in [6.07, 6.45) is 2.59. The number of para-hydroxylation sites is 1. The molecule has 2 N–H and O–H groups in total. The molecular formula is C19H25N5O2S. The number of nitrogens with one attached hydrogen (secondary N) is 2. The number of benzene rings is 1. The van der Waals surface area contributed by atoms with Gasteiger partial charge in [-0.15, -0.1) is 10.2 Å². The van der Waals surface area contributed by atoms with Crippen molar-refractivity contribution in [2.45, 2.75) is 45.1 Å². The Balaban J connectivity index is 1.53. The highest BCUT2D eigenvalue weighted by molar-refractivity contribution is 7.13. The van der Waals surface area contributed by atoms with Crippen molar-refractivity contribution < 1.29 is 9.59 Å². The third-order valence-corrected chi connectivity index (χ3v) is 5.86. The van der Waals surface area contributed by atoms with E-state index in [9.17, 15) is 9.59 Å². The first-order chi connectivity index (χ1) is 13.1. The van der Waals surface area contributed by atoms with E-state index in [4.69, 9.17) is 0 Å². The number of carbonyl (C=O) groups excluding carboxylic acids is 2. The van der Waals surface area contributed by atoms with Gasteiger partial charge in [0.25, 0.3) is 5.91 Å². The first-order valence-electron chi connectivity index (χ1n) is 9.32. The predicted molar refractivity (Wildman–Crippen MR) is 106 cm³/mol. The van der Waals surface area contributed by atoms with E-state index in [1.54, 1.807) is 0 Å². The second kappa shape index (κ2) is 8.94. The first-order valence-corrected chi connectivity index (χ1v) is 10.1. The van der Waals surface area contributed by atoms with Crippen molar-refractivity contribution in [2.24, 2.45) is 0 Å². The van der Waals surface area contributed by atoms with Crippen LogP contribution < -0.4 is 10.6 Å². The number of hydrogen-bond acceptors (Lipinski definition) is 5. The monoisotopic (exact) mass is 387 g/mol. The fourth-order valence-corrected chi connectivity index (χ4v) is 3.84. The summed E-state index contributed by atoms with van der Waals surface area (Å²) in [5.74, 6) is 0.00346.